The van der Waals surface area contributed by atoms with E-state index in [9.17, 15) is 22.7 Å². The van der Waals surface area contributed by atoms with E-state index in [0.29, 0.717) is 19.1 Å². The molecule has 1 aliphatic rings. The molecular formula is C12H13F4NO2. The first kappa shape index (κ1) is 14.1. The van der Waals surface area contributed by atoms with Crippen LogP contribution in [0.5, 0.6) is 0 Å². The molecule has 1 atom stereocenters. The third kappa shape index (κ3) is 3.36. The Bertz CT molecular complexity index is 456. The average Bonchev–Trinajstić information content (AvgIpc) is 2.74. The van der Waals surface area contributed by atoms with Gasteiger partial charge < -0.3 is 15.2 Å². The molecule has 1 aromatic carbocycles. The summed E-state index contributed by atoms with van der Waals surface area (Å²) < 4.78 is 55.6. The summed E-state index contributed by atoms with van der Waals surface area (Å²) in [5.74, 6) is -1.00. The Hall–Kier alpha value is -1.34. The molecule has 1 aliphatic heterocycles. The van der Waals surface area contributed by atoms with Gasteiger partial charge in [-0.2, -0.15) is 13.2 Å². The molecule has 1 heterocycles. The first-order chi connectivity index (χ1) is 8.80. The van der Waals surface area contributed by atoms with Gasteiger partial charge in [0, 0.05) is 19.6 Å². The first-order valence-electron chi connectivity index (χ1n) is 5.71. The third-order valence-electron chi connectivity index (χ3n) is 2.99. The maximum Gasteiger partial charge on any atom is 0.416 e. The largest absolute Gasteiger partial charge is 0.416 e. The lowest BCUT2D eigenvalue weighted by Gasteiger charge is -2.21. The van der Waals surface area contributed by atoms with E-state index >= 15 is 0 Å². The molecule has 2 rings (SSSR count). The number of ether oxygens (including phenoxy) is 1. The summed E-state index contributed by atoms with van der Waals surface area (Å²) >= 11 is 0. The van der Waals surface area contributed by atoms with Gasteiger partial charge in [-0.1, -0.05) is 0 Å². The van der Waals surface area contributed by atoms with E-state index < -0.39 is 23.2 Å². The van der Waals surface area contributed by atoms with Gasteiger partial charge in [-0.25, -0.2) is 4.39 Å². The van der Waals surface area contributed by atoms with Crippen LogP contribution in [0.4, 0.5) is 23.2 Å². The summed E-state index contributed by atoms with van der Waals surface area (Å²) in [6.45, 7) is 0.561. The molecule has 1 aromatic rings. The summed E-state index contributed by atoms with van der Waals surface area (Å²) in [6, 6.07) is 2.23. The highest BCUT2D eigenvalue weighted by Gasteiger charge is 2.33. The van der Waals surface area contributed by atoms with Crippen molar-refractivity contribution in [2.45, 2.75) is 18.2 Å². The van der Waals surface area contributed by atoms with Gasteiger partial charge in [-0.05, 0) is 18.2 Å². The molecule has 0 spiro atoms. The van der Waals surface area contributed by atoms with E-state index in [2.05, 4.69) is 5.32 Å². The van der Waals surface area contributed by atoms with Crippen molar-refractivity contribution in [3.05, 3.63) is 29.6 Å². The number of benzene rings is 1. The molecule has 0 radical (unpaired) electrons. The Kier molecular flexibility index (Phi) is 3.69. The van der Waals surface area contributed by atoms with Crippen LogP contribution in [0.2, 0.25) is 0 Å². The summed E-state index contributed by atoms with van der Waals surface area (Å²) in [5.41, 5.74) is -2.22. The second-order valence-corrected chi connectivity index (χ2v) is 4.57. The zero-order valence-electron chi connectivity index (χ0n) is 9.93. The summed E-state index contributed by atoms with van der Waals surface area (Å²) in [7, 11) is 0. The first-order valence-corrected chi connectivity index (χ1v) is 5.71. The fourth-order valence-corrected chi connectivity index (χ4v) is 1.83. The van der Waals surface area contributed by atoms with Gasteiger partial charge in [-0.15, -0.1) is 0 Å². The number of anilines is 1. The Balaban J connectivity index is 2.05. The summed E-state index contributed by atoms with van der Waals surface area (Å²) in [6.07, 6.45) is -4.17. The normalized spacial score (nSPS) is 23.6. The lowest BCUT2D eigenvalue weighted by atomic mass is 10.0. The van der Waals surface area contributed by atoms with Crippen molar-refractivity contribution in [1.82, 2.24) is 0 Å². The minimum Gasteiger partial charge on any atom is -0.386 e. The van der Waals surface area contributed by atoms with E-state index in [1.54, 1.807) is 0 Å². The van der Waals surface area contributed by atoms with Crippen molar-refractivity contribution < 1.29 is 27.4 Å². The molecule has 3 nitrogen and oxygen atoms in total. The van der Waals surface area contributed by atoms with Crippen LogP contribution in [0.15, 0.2) is 18.2 Å². The summed E-state index contributed by atoms with van der Waals surface area (Å²) in [4.78, 5) is 0. The van der Waals surface area contributed by atoms with Gasteiger partial charge in [0.25, 0.3) is 0 Å². The smallest absolute Gasteiger partial charge is 0.386 e. The van der Waals surface area contributed by atoms with E-state index in [1.165, 1.54) is 0 Å². The number of aliphatic hydroxyl groups is 1. The minimum absolute atomic E-state index is 0.0231. The molecule has 0 aromatic heterocycles. The predicted octanol–water partition coefficient (Wildman–Crippen LogP) is 2.41. The van der Waals surface area contributed by atoms with Crippen LogP contribution in [-0.2, 0) is 10.9 Å². The van der Waals surface area contributed by atoms with Gasteiger partial charge in [0.1, 0.15) is 11.4 Å². The molecule has 1 unspecified atom stereocenters. The molecule has 106 valence electrons. The maximum atomic E-state index is 13.5. The van der Waals surface area contributed by atoms with Gasteiger partial charge >= 0.3 is 6.18 Å². The molecule has 2 N–H and O–H groups in total. The van der Waals surface area contributed by atoms with Gasteiger partial charge in [0.05, 0.1) is 17.9 Å². The van der Waals surface area contributed by atoms with Crippen molar-refractivity contribution in [3.63, 3.8) is 0 Å². The van der Waals surface area contributed by atoms with E-state index in [0.717, 1.165) is 12.1 Å². The molecule has 0 aliphatic carbocycles. The van der Waals surface area contributed by atoms with Crippen LogP contribution in [0.25, 0.3) is 0 Å². The second kappa shape index (κ2) is 4.97. The SMILES string of the molecule is OC1(CNc2ccc(C(F)(F)F)cc2F)CCOC1. The van der Waals surface area contributed by atoms with Crippen LogP contribution in [0, 0.1) is 5.82 Å². The second-order valence-electron chi connectivity index (χ2n) is 4.57. The topological polar surface area (TPSA) is 41.5 Å². The number of alkyl halides is 3. The predicted molar refractivity (Wildman–Crippen MR) is 60.3 cm³/mol. The fraction of sp³-hybridized carbons (Fsp3) is 0.500. The zero-order valence-corrected chi connectivity index (χ0v) is 9.93. The van der Waals surface area contributed by atoms with Crippen molar-refractivity contribution in [2.75, 3.05) is 25.1 Å². The van der Waals surface area contributed by atoms with Crippen LogP contribution in [0.1, 0.15) is 12.0 Å². The van der Waals surface area contributed by atoms with Crippen molar-refractivity contribution >= 4 is 5.69 Å². The van der Waals surface area contributed by atoms with Crippen molar-refractivity contribution in [3.8, 4) is 0 Å². The molecule has 0 saturated carbocycles. The van der Waals surface area contributed by atoms with Crippen molar-refractivity contribution in [2.24, 2.45) is 0 Å². The Morgan fingerprint density at radius 2 is 2.11 bits per heavy atom. The van der Waals surface area contributed by atoms with Crippen LogP contribution >= 0.6 is 0 Å². The Morgan fingerprint density at radius 1 is 1.37 bits per heavy atom. The quantitative estimate of drug-likeness (QED) is 0.835. The average molecular weight is 279 g/mol. The van der Waals surface area contributed by atoms with Crippen molar-refractivity contribution in [1.29, 1.82) is 0 Å². The number of nitrogens with one attached hydrogen (secondary N) is 1. The van der Waals surface area contributed by atoms with E-state index in [1.807, 2.05) is 0 Å². The van der Waals surface area contributed by atoms with Crippen LogP contribution in [-0.4, -0.2) is 30.5 Å². The Labute approximate surface area is 107 Å². The maximum absolute atomic E-state index is 13.5. The molecular weight excluding hydrogens is 266 g/mol. The summed E-state index contributed by atoms with van der Waals surface area (Å²) in [5, 5.41) is 12.5. The lowest BCUT2D eigenvalue weighted by molar-refractivity contribution is -0.137. The highest BCUT2D eigenvalue weighted by Crippen LogP contribution is 2.31. The number of halogens is 4. The monoisotopic (exact) mass is 279 g/mol. The fourth-order valence-electron chi connectivity index (χ4n) is 1.83. The molecule has 7 heteroatoms. The van der Waals surface area contributed by atoms with E-state index in [-0.39, 0.29) is 18.8 Å². The highest BCUT2D eigenvalue weighted by atomic mass is 19.4. The van der Waals surface area contributed by atoms with Crippen LogP contribution in [0.3, 0.4) is 0 Å². The molecule has 0 bridgehead atoms. The number of rotatable bonds is 3. The molecule has 19 heavy (non-hydrogen) atoms. The molecule has 1 fully saturated rings. The van der Waals surface area contributed by atoms with Crippen LogP contribution < -0.4 is 5.32 Å². The number of hydrogen-bond donors (Lipinski definition) is 2. The Morgan fingerprint density at radius 3 is 2.63 bits per heavy atom. The molecule has 1 saturated heterocycles. The van der Waals surface area contributed by atoms with Gasteiger partial charge in [0.15, 0.2) is 0 Å². The zero-order chi connectivity index (χ0) is 14.1. The highest BCUT2D eigenvalue weighted by molar-refractivity contribution is 5.47. The number of hydrogen-bond acceptors (Lipinski definition) is 3. The van der Waals surface area contributed by atoms with Gasteiger partial charge in [-0.3, -0.25) is 0 Å². The minimum atomic E-state index is -4.57. The third-order valence-corrected chi connectivity index (χ3v) is 2.99. The lowest BCUT2D eigenvalue weighted by Crippen LogP contribution is -2.37. The van der Waals surface area contributed by atoms with E-state index in [4.69, 9.17) is 4.74 Å². The molecule has 0 amide bonds. The van der Waals surface area contributed by atoms with Gasteiger partial charge in [0.2, 0.25) is 0 Å². The standard InChI is InChI=1S/C12H13F4NO2/c13-9-5-8(12(14,15)16)1-2-10(9)17-6-11(18)3-4-19-7-11/h1-2,5,17-18H,3-4,6-7H2.